The first-order valence-electron chi connectivity index (χ1n) is 6.61. The number of nitrogens with two attached hydrogens (primary N) is 1. The summed E-state index contributed by atoms with van der Waals surface area (Å²) in [5.74, 6) is 0. The number of nitrogens with zero attached hydrogens (tertiary/aromatic N) is 1. The molecule has 19 heavy (non-hydrogen) atoms. The zero-order chi connectivity index (χ0) is 13.2. The van der Waals surface area contributed by atoms with Gasteiger partial charge in [0, 0.05) is 29.5 Å². The van der Waals surface area contributed by atoms with Gasteiger partial charge >= 0.3 is 0 Å². The molecule has 0 radical (unpaired) electrons. The highest BCUT2D eigenvalue weighted by molar-refractivity contribution is 6.30. The van der Waals surface area contributed by atoms with E-state index in [1.807, 2.05) is 24.3 Å². The molecule has 2 aromatic carbocycles. The maximum atomic E-state index is 6.07. The highest BCUT2D eigenvalue weighted by atomic mass is 35.5. The third kappa shape index (κ3) is 2.54. The van der Waals surface area contributed by atoms with Crippen molar-refractivity contribution in [1.82, 2.24) is 0 Å². The van der Waals surface area contributed by atoms with Crippen molar-refractivity contribution in [3.63, 3.8) is 0 Å². The van der Waals surface area contributed by atoms with E-state index in [0.717, 1.165) is 36.6 Å². The first-order chi connectivity index (χ1) is 9.24. The van der Waals surface area contributed by atoms with Gasteiger partial charge < -0.3 is 10.6 Å². The number of fused-ring (bicyclic) bond motifs is 1. The molecule has 1 heterocycles. The SMILES string of the molecule is Nc1cccc2c1CCCN2Cc1ccc(Cl)cc1. The number of rotatable bonds is 2. The number of halogens is 1. The lowest BCUT2D eigenvalue weighted by atomic mass is 9.99. The molecule has 98 valence electrons. The van der Waals surface area contributed by atoms with Crippen molar-refractivity contribution in [3.05, 3.63) is 58.6 Å². The molecule has 0 aromatic heterocycles. The van der Waals surface area contributed by atoms with Crippen molar-refractivity contribution >= 4 is 23.0 Å². The summed E-state index contributed by atoms with van der Waals surface area (Å²) in [4.78, 5) is 2.40. The molecule has 0 saturated carbocycles. The van der Waals surface area contributed by atoms with Gasteiger partial charge in [0.05, 0.1) is 0 Å². The van der Waals surface area contributed by atoms with Gasteiger partial charge in [-0.25, -0.2) is 0 Å². The zero-order valence-corrected chi connectivity index (χ0v) is 11.5. The Labute approximate surface area is 118 Å². The molecule has 2 nitrogen and oxygen atoms in total. The maximum absolute atomic E-state index is 6.07. The summed E-state index contributed by atoms with van der Waals surface area (Å²) in [5.41, 5.74) is 10.8. The fourth-order valence-corrected chi connectivity index (χ4v) is 2.83. The fraction of sp³-hybridized carbons (Fsp3) is 0.250. The fourth-order valence-electron chi connectivity index (χ4n) is 2.70. The minimum absolute atomic E-state index is 0.784. The molecule has 0 aliphatic carbocycles. The zero-order valence-electron chi connectivity index (χ0n) is 10.8. The van der Waals surface area contributed by atoms with Crippen LogP contribution >= 0.6 is 11.6 Å². The van der Waals surface area contributed by atoms with E-state index in [1.54, 1.807) is 0 Å². The van der Waals surface area contributed by atoms with Crippen molar-refractivity contribution in [2.45, 2.75) is 19.4 Å². The first kappa shape index (κ1) is 12.4. The molecular weight excluding hydrogens is 256 g/mol. The predicted octanol–water partition coefficient (Wildman–Crippen LogP) is 3.88. The van der Waals surface area contributed by atoms with Crippen LogP contribution in [0.5, 0.6) is 0 Å². The van der Waals surface area contributed by atoms with E-state index < -0.39 is 0 Å². The molecule has 0 unspecified atom stereocenters. The normalized spacial score (nSPS) is 14.3. The van der Waals surface area contributed by atoms with E-state index in [9.17, 15) is 0 Å². The molecule has 3 rings (SSSR count). The number of benzene rings is 2. The summed E-state index contributed by atoms with van der Waals surface area (Å²) in [7, 11) is 0. The van der Waals surface area contributed by atoms with Gasteiger partial charge in [-0.05, 0) is 48.2 Å². The van der Waals surface area contributed by atoms with E-state index in [0.29, 0.717) is 0 Å². The Balaban J connectivity index is 1.88. The molecule has 3 heteroatoms. The van der Waals surface area contributed by atoms with Crippen LogP contribution in [0, 0.1) is 0 Å². The molecule has 0 fully saturated rings. The van der Waals surface area contributed by atoms with Gasteiger partial charge in [-0.2, -0.15) is 0 Å². The van der Waals surface area contributed by atoms with Crippen LogP contribution in [0.3, 0.4) is 0 Å². The standard InChI is InChI=1S/C16H17ClN2/c17-13-8-6-12(7-9-13)11-19-10-2-3-14-15(18)4-1-5-16(14)19/h1,4-9H,2-3,10-11,18H2. The van der Waals surface area contributed by atoms with Gasteiger partial charge in [-0.3, -0.25) is 0 Å². The molecule has 0 amide bonds. The van der Waals surface area contributed by atoms with Crippen molar-refractivity contribution in [1.29, 1.82) is 0 Å². The van der Waals surface area contributed by atoms with Crippen molar-refractivity contribution < 1.29 is 0 Å². The highest BCUT2D eigenvalue weighted by Crippen LogP contribution is 2.32. The quantitative estimate of drug-likeness (QED) is 0.841. The van der Waals surface area contributed by atoms with Crippen LogP contribution in [0.1, 0.15) is 17.5 Å². The third-order valence-corrected chi connectivity index (χ3v) is 3.92. The second-order valence-corrected chi connectivity index (χ2v) is 5.43. The second-order valence-electron chi connectivity index (χ2n) is 5.00. The molecule has 1 aliphatic rings. The summed E-state index contributed by atoms with van der Waals surface area (Å²) in [5, 5.41) is 0.784. The minimum atomic E-state index is 0.784. The average molecular weight is 273 g/mol. The van der Waals surface area contributed by atoms with E-state index in [4.69, 9.17) is 17.3 Å². The molecule has 0 spiro atoms. The van der Waals surface area contributed by atoms with Crippen LogP contribution in [0.4, 0.5) is 11.4 Å². The Morgan fingerprint density at radius 3 is 2.68 bits per heavy atom. The van der Waals surface area contributed by atoms with Crippen LogP contribution in [0.15, 0.2) is 42.5 Å². The monoisotopic (exact) mass is 272 g/mol. The first-order valence-corrected chi connectivity index (χ1v) is 6.98. The summed E-state index contributed by atoms with van der Waals surface area (Å²) >= 11 is 5.93. The number of anilines is 2. The summed E-state index contributed by atoms with van der Waals surface area (Å²) < 4.78 is 0. The molecule has 0 atom stereocenters. The van der Waals surface area contributed by atoms with Gasteiger partial charge in [0.25, 0.3) is 0 Å². The average Bonchev–Trinajstić information content (AvgIpc) is 2.43. The van der Waals surface area contributed by atoms with E-state index in [-0.39, 0.29) is 0 Å². The Hall–Kier alpha value is -1.67. The Bertz CT molecular complexity index is 578. The number of nitrogen functional groups attached to an aromatic ring is 1. The van der Waals surface area contributed by atoms with Crippen molar-refractivity contribution in [3.8, 4) is 0 Å². The molecule has 0 bridgehead atoms. The van der Waals surface area contributed by atoms with E-state index >= 15 is 0 Å². The molecule has 2 N–H and O–H groups in total. The van der Waals surface area contributed by atoms with Crippen LogP contribution in [0.2, 0.25) is 5.02 Å². The van der Waals surface area contributed by atoms with Crippen LogP contribution in [-0.4, -0.2) is 6.54 Å². The minimum Gasteiger partial charge on any atom is -0.398 e. The number of hydrogen-bond donors (Lipinski definition) is 1. The summed E-state index contributed by atoms with van der Waals surface area (Å²) in [6.07, 6.45) is 2.24. The molecule has 1 aliphatic heterocycles. The molecule has 0 saturated heterocycles. The van der Waals surface area contributed by atoms with Gasteiger partial charge in [0.2, 0.25) is 0 Å². The summed E-state index contributed by atoms with van der Waals surface area (Å²) in [6, 6.07) is 14.3. The molecular formula is C16H17ClN2. The van der Waals surface area contributed by atoms with Crippen molar-refractivity contribution in [2.24, 2.45) is 0 Å². The predicted molar refractivity (Wildman–Crippen MR) is 81.7 cm³/mol. The Morgan fingerprint density at radius 2 is 1.89 bits per heavy atom. The Morgan fingerprint density at radius 1 is 1.11 bits per heavy atom. The second kappa shape index (κ2) is 5.14. The van der Waals surface area contributed by atoms with Gasteiger partial charge in [-0.1, -0.05) is 29.8 Å². The lowest BCUT2D eigenvalue weighted by molar-refractivity contribution is 0.692. The molecule has 2 aromatic rings. The van der Waals surface area contributed by atoms with E-state index in [1.165, 1.54) is 16.8 Å². The Kier molecular flexibility index (Phi) is 3.34. The van der Waals surface area contributed by atoms with Gasteiger partial charge in [0.15, 0.2) is 0 Å². The highest BCUT2D eigenvalue weighted by Gasteiger charge is 2.18. The smallest absolute Gasteiger partial charge is 0.0429 e. The van der Waals surface area contributed by atoms with Crippen molar-refractivity contribution in [2.75, 3.05) is 17.2 Å². The van der Waals surface area contributed by atoms with Crippen LogP contribution in [0.25, 0.3) is 0 Å². The lowest BCUT2D eigenvalue weighted by Crippen LogP contribution is -2.29. The van der Waals surface area contributed by atoms with E-state index in [2.05, 4.69) is 23.1 Å². The lowest BCUT2D eigenvalue weighted by Gasteiger charge is -2.32. The topological polar surface area (TPSA) is 29.3 Å². The third-order valence-electron chi connectivity index (χ3n) is 3.67. The maximum Gasteiger partial charge on any atom is 0.0429 e. The van der Waals surface area contributed by atoms with Crippen LogP contribution in [-0.2, 0) is 13.0 Å². The van der Waals surface area contributed by atoms with Gasteiger partial charge in [-0.15, -0.1) is 0 Å². The summed E-state index contributed by atoms with van der Waals surface area (Å²) in [6.45, 7) is 1.99. The number of hydrogen-bond acceptors (Lipinski definition) is 2. The largest absolute Gasteiger partial charge is 0.398 e. The van der Waals surface area contributed by atoms with Crippen LogP contribution < -0.4 is 10.6 Å². The van der Waals surface area contributed by atoms with Gasteiger partial charge in [0.1, 0.15) is 0 Å².